The van der Waals surface area contributed by atoms with Crippen molar-refractivity contribution >= 4 is 40.4 Å². The molecule has 0 unspecified atom stereocenters. The summed E-state index contributed by atoms with van der Waals surface area (Å²) >= 11 is 6.20. The fourth-order valence-electron chi connectivity index (χ4n) is 5.90. The second-order valence-electron chi connectivity index (χ2n) is 11.9. The summed E-state index contributed by atoms with van der Waals surface area (Å²) in [6.45, 7) is 11.8. The Labute approximate surface area is 252 Å². The van der Waals surface area contributed by atoms with Gasteiger partial charge in [0.15, 0.2) is 0 Å². The number of anilines is 1. The van der Waals surface area contributed by atoms with E-state index in [0.717, 1.165) is 72.3 Å². The predicted octanol–water partition coefficient (Wildman–Crippen LogP) is 7.80. The van der Waals surface area contributed by atoms with Crippen LogP contribution in [0.1, 0.15) is 44.2 Å². The van der Waals surface area contributed by atoms with E-state index >= 15 is 0 Å². The lowest BCUT2D eigenvalue weighted by molar-refractivity contribution is -0.122. The summed E-state index contributed by atoms with van der Waals surface area (Å²) in [5.41, 5.74) is 8.01. The molecule has 8 heteroatoms. The number of allylic oxidation sites excluding steroid dienone is 1. The molecule has 2 aliphatic rings. The third-order valence-corrected chi connectivity index (χ3v) is 8.56. The number of aromatic nitrogens is 2. The fraction of sp³-hybridized carbons (Fsp3) is 0.353. The highest BCUT2D eigenvalue weighted by molar-refractivity contribution is 6.30. The molecule has 2 aromatic heterocycles. The molecule has 1 aliphatic carbocycles. The van der Waals surface area contributed by atoms with Gasteiger partial charge >= 0.3 is 0 Å². The molecule has 1 fully saturated rings. The first-order chi connectivity index (χ1) is 20.2. The van der Waals surface area contributed by atoms with Gasteiger partial charge in [0.05, 0.1) is 6.20 Å². The smallest absolute Gasteiger partial charge is 0.290 e. The summed E-state index contributed by atoms with van der Waals surface area (Å²) in [5.74, 6) is 1.64. The van der Waals surface area contributed by atoms with E-state index in [1.54, 1.807) is 11.8 Å². The van der Waals surface area contributed by atoms with Crippen molar-refractivity contribution in [2.45, 2.75) is 40.0 Å². The molecule has 7 nitrogen and oxygen atoms in total. The minimum atomic E-state index is -0.250. The minimum Gasteiger partial charge on any atom is -0.483 e. The van der Waals surface area contributed by atoms with Gasteiger partial charge in [-0.1, -0.05) is 49.2 Å². The van der Waals surface area contributed by atoms with Crippen LogP contribution in [0.4, 0.5) is 5.69 Å². The fourth-order valence-corrected chi connectivity index (χ4v) is 6.02. The number of carboxylic acid groups (broad SMARTS) is 1. The second kappa shape index (κ2) is 13.0. The molecule has 0 amide bonds. The lowest BCUT2D eigenvalue weighted by Gasteiger charge is -2.39. The number of nitrogens with one attached hydrogen (secondary N) is 1. The molecule has 3 heterocycles. The van der Waals surface area contributed by atoms with Crippen molar-refractivity contribution in [3.63, 3.8) is 0 Å². The van der Waals surface area contributed by atoms with Crippen LogP contribution in [0.3, 0.4) is 0 Å². The van der Waals surface area contributed by atoms with E-state index in [0.29, 0.717) is 5.41 Å². The predicted molar refractivity (Wildman–Crippen MR) is 171 cm³/mol. The number of aromatic amines is 1. The Balaban J connectivity index is 0.00000113. The number of H-pyrrole nitrogens is 1. The van der Waals surface area contributed by atoms with Crippen LogP contribution < -0.4 is 9.64 Å². The van der Waals surface area contributed by atoms with Crippen molar-refractivity contribution in [3.8, 4) is 11.5 Å². The highest BCUT2D eigenvalue weighted by Gasteiger charge is 2.29. The summed E-state index contributed by atoms with van der Waals surface area (Å²) in [4.78, 5) is 21.1. The lowest BCUT2D eigenvalue weighted by atomic mass is 9.72. The Bertz CT molecular complexity index is 1550. The third kappa shape index (κ3) is 7.15. The van der Waals surface area contributed by atoms with Gasteiger partial charge in [-0.3, -0.25) is 9.69 Å². The van der Waals surface area contributed by atoms with Crippen LogP contribution in [0.5, 0.6) is 11.5 Å². The average Bonchev–Trinajstić information content (AvgIpc) is 3.44. The summed E-state index contributed by atoms with van der Waals surface area (Å²) < 4.78 is 6.29. The number of nitrogens with zero attached hydrogens (tertiary/aromatic N) is 3. The number of pyridine rings is 1. The monoisotopic (exact) mass is 586 g/mol. The van der Waals surface area contributed by atoms with Crippen LogP contribution in [0.2, 0.25) is 5.02 Å². The Hall–Kier alpha value is -3.81. The summed E-state index contributed by atoms with van der Waals surface area (Å²) in [5, 5.41) is 8.74. The number of aryl methyl sites for hydroxylation is 1. The molecule has 0 radical (unpaired) electrons. The number of rotatable bonds is 6. The van der Waals surface area contributed by atoms with Crippen molar-refractivity contribution < 1.29 is 14.6 Å². The van der Waals surface area contributed by atoms with E-state index in [2.05, 4.69) is 70.9 Å². The average molecular weight is 587 g/mol. The Morgan fingerprint density at radius 3 is 2.55 bits per heavy atom. The second-order valence-corrected chi connectivity index (χ2v) is 12.4. The number of piperazine rings is 1. The molecule has 0 saturated carbocycles. The van der Waals surface area contributed by atoms with Crippen LogP contribution >= 0.6 is 11.6 Å². The standard InChI is InChI=1S/C33H37ClN4O.CH2O2/c1-23-4-9-28(19-31(23)39-29-18-25-11-13-35-32(25)36-21-29)38-16-14-37(15-17-38)22-26-10-12-33(2,3)20-30(26)24-5-7-27(34)8-6-24;2-1-3/h4-9,11,13,18-19,21H,10,12,14-17,20,22H2,1-3H3,(H,35,36);1H,(H,2,3). The molecule has 42 heavy (non-hydrogen) atoms. The van der Waals surface area contributed by atoms with Crippen LogP contribution in [-0.4, -0.2) is 59.2 Å². The molecule has 0 spiro atoms. The number of carbonyl (C=O) groups is 1. The maximum absolute atomic E-state index is 8.36. The van der Waals surface area contributed by atoms with Gasteiger partial charge in [0.2, 0.25) is 0 Å². The summed E-state index contributed by atoms with van der Waals surface area (Å²) in [6, 6.07) is 19.0. The maximum Gasteiger partial charge on any atom is 0.290 e. The molecule has 4 aromatic rings. The van der Waals surface area contributed by atoms with E-state index in [-0.39, 0.29) is 6.47 Å². The first-order valence-corrected chi connectivity index (χ1v) is 14.9. The zero-order valence-electron chi connectivity index (χ0n) is 24.6. The molecule has 2 aromatic carbocycles. The number of fused-ring (bicyclic) bond motifs is 1. The van der Waals surface area contributed by atoms with E-state index in [9.17, 15) is 0 Å². The van der Waals surface area contributed by atoms with Gasteiger partial charge in [-0.25, -0.2) is 4.98 Å². The molecule has 6 rings (SSSR count). The first-order valence-electron chi connectivity index (χ1n) is 14.5. The molecular formula is C34H39ClN4O3. The van der Waals surface area contributed by atoms with Gasteiger partial charge in [-0.15, -0.1) is 0 Å². The van der Waals surface area contributed by atoms with Crippen molar-refractivity contribution in [1.82, 2.24) is 14.9 Å². The van der Waals surface area contributed by atoms with Crippen molar-refractivity contribution in [3.05, 3.63) is 88.7 Å². The number of ether oxygens (including phenoxy) is 1. The van der Waals surface area contributed by atoms with E-state index in [1.165, 1.54) is 29.7 Å². The number of hydrogen-bond acceptors (Lipinski definition) is 5. The molecule has 0 bridgehead atoms. The van der Waals surface area contributed by atoms with Gasteiger partial charge < -0.3 is 19.7 Å². The van der Waals surface area contributed by atoms with Gasteiger partial charge in [0.25, 0.3) is 6.47 Å². The highest BCUT2D eigenvalue weighted by Crippen LogP contribution is 2.43. The Morgan fingerprint density at radius 2 is 1.81 bits per heavy atom. The molecule has 0 atom stereocenters. The quantitative estimate of drug-likeness (QED) is 0.224. The molecule has 220 valence electrons. The summed E-state index contributed by atoms with van der Waals surface area (Å²) in [7, 11) is 0. The van der Waals surface area contributed by atoms with Gasteiger partial charge in [-0.05, 0) is 78.6 Å². The topological polar surface area (TPSA) is 81.7 Å². The van der Waals surface area contributed by atoms with Gasteiger partial charge in [0, 0.05) is 61.1 Å². The van der Waals surface area contributed by atoms with Crippen LogP contribution in [0.25, 0.3) is 16.6 Å². The molecular weight excluding hydrogens is 548 g/mol. The van der Waals surface area contributed by atoms with Gasteiger partial charge in [-0.2, -0.15) is 0 Å². The first kappa shape index (κ1) is 29.7. The minimum absolute atomic E-state index is 0.250. The van der Waals surface area contributed by atoms with Crippen LogP contribution in [-0.2, 0) is 4.79 Å². The zero-order valence-corrected chi connectivity index (χ0v) is 25.3. The van der Waals surface area contributed by atoms with Crippen molar-refractivity contribution in [2.24, 2.45) is 5.41 Å². The molecule has 2 N–H and O–H groups in total. The highest BCUT2D eigenvalue weighted by atomic mass is 35.5. The van der Waals surface area contributed by atoms with E-state index in [4.69, 9.17) is 26.2 Å². The summed E-state index contributed by atoms with van der Waals surface area (Å²) in [6.07, 6.45) is 7.23. The van der Waals surface area contributed by atoms with Crippen molar-refractivity contribution in [2.75, 3.05) is 37.6 Å². The Kier molecular flexibility index (Phi) is 9.19. The lowest BCUT2D eigenvalue weighted by Crippen LogP contribution is -2.47. The largest absolute Gasteiger partial charge is 0.483 e. The number of hydrogen-bond donors (Lipinski definition) is 2. The third-order valence-electron chi connectivity index (χ3n) is 8.30. The maximum atomic E-state index is 8.36. The van der Waals surface area contributed by atoms with E-state index < -0.39 is 0 Å². The van der Waals surface area contributed by atoms with Gasteiger partial charge in [0.1, 0.15) is 17.1 Å². The molecule has 1 saturated heterocycles. The van der Waals surface area contributed by atoms with E-state index in [1.807, 2.05) is 30.5 Å². The molecule has 1 aliphatic heterocycles. The normalized spacial score (nSPS) is 17.1. The zero-order chi connectivity index (χ0) is 29.7. The number of benzene rings is 2. The van der Waals surface area contributed by atoms with Crippen LogP contribution in [0, 0.1) is 12.3 Å². The van der Waals surface area contributed by atoms with Crippen LogP contribution in [0.15, 0.2) is 72.6 Å². The SMILES string of the molecule is Cc1ccc(N2CCN(CC3=C(c4ccc(Cl)cc4)CC(C)(C)CC3)CC2)cc1Oc1cnc2[nH]ccc2c1.O=CO. The Morgan fingerprint density at radius 1 is 1.07 bits per heavy atom. The van der Waals surface area contributed by atoms with Crippen molar-refractivity contribution in [1.29, 1.82) is 0 Å². The number of halogens is 1.